The summed E-state index contributed by atoms with van der Waals surface area (Å²) < 4.78 is 33.9. The molecular formula is C23H27N3O4S2. The summed E-state index contributed by atoms with van der Waals surface area (Å²) in [6.45, 7) is 7.57. The Morgan fingerprint density at radius 1 is 1.09 bits per heavy atom. The van der Waals surface area contributed by atoms with Crippen LogP contribution in [-0.2, 0) is 14.8 Å². The quantitative estimate of drug-likeness (QED) is 0.548. The first-order chi connectivity index (χ1) is 15.3. The molecule has 170 valence electrons. The van der Waals surface area contributed by atoms with Crippen molar-refractivity contribution >= 4 is 43.7 Å². The van der Waals surface area contributed by atoms with Crippen LogP contribution in [0.15, 0.2) is 58.1 Å². The van der Waals surface area contributed by atoms with Crippen molar-refractivity contribution in [3.8, 4) is 0 Å². The van der Waals surface area contributed by atoms with E-state index < -0.39 is 10.0 Å². The molecule has 32 heavy (non-hydrogen) atoms. The van der Waals surface area contributed by atoms with E-state index in [0.717, 1.165) is 35.2 Å². The molecule has 1 saturated heterocycles. The minimum absolute atomic E-state index is 0.200. The second-order valence-corrected chi connectivity index (χ2v) is 11.2. The highest BCUT2D eigenvalue weighted by atomic mass is 32.2. The number of thiophene rings is 1. The van der Waals surface area contributed by atoms with Crippen molar-refractivity contribution in [3.63, 3.8) is 0 Å². The molecule has 1 aliphatic rings. The van der Waals surface area contributed by atoms with Crippen LogP contribution in [0.3, 0.4) is 0 Å². The molecular weight excluding hydrogens is 446 g/mol. The highest BCUT2D eigenvalue weighted by Crippen LogP contribution is 2.28. The normalized spacial score (nSPS) is 15.6. The van der Waals surface area contributed by atoms with Crippen molar-refractivity contribution in [1.29, 1.82) is 0 Å². The van der Waals surface area contributed by atoms with Gasteiger partial charge in [0.2, 0.25) is 0 Å². The Labute approximate surface area is 192 Å². The number of carbonyl (C=O) groups excluding carboxylic acids is 1. The molecule has 1 amide bonds. The van der Waals surface area contributed by atoms with E-state index in [9.17, 15) is 13.2 Å². The van der Waals surface area contributed by atoms with Gasteiger partial charge >= 0.3 is 0 Å². The first-order valence-electron chi connectivity index (χ1n) is 10.5. The molecule has 3 aromatic rings. The minimum atomic E-state index is -3.79. The van der Waals surface area contributed by atoms with Crippen molar-refractivity contribution in [1.82, 2.24) is 10.2 Å². The zero-order valence-electron chi connectivity index (χ0n) is 18.1. The molecule has 0 radical (unpaired) electrons. The van der Waals surface area contributed by atoms with E-state index in [0.29, 0.717) is 25.3 Å². The standard InChI is InChI=1S/C23H27N3O4S2/c1-23(2,26-9-11-30-12-10-26)16-24-22(27)19-14-17-6-3-4-7-18(17)15-20(19)25-32(28,29)21-8-5-13-31-21/h3-8,13-15,25H,9-12,16H2,1-2H3,(H,24,27). The summed E-state index contributed by atoms with van der Waals surface area (Å²) >= 11 is 1.13. The van der Waals surface area contributed by atoms with Crippen molar-refractivity contribution < 1.29 is 17.9 Å². The van der Waals surface area contributed by atoms with Gasteiger partial charge in [-0.05, 0) is 48.2 Å². The van der Waals surface area contributed by atoms with Crippen LogP contribution in [0.5, 0.6) is 0 Å². The van der Waals surface area contributed by atoms with E-state index in [4.69, 9.17) is 4.74 Å². The van der Waals surface area contributed by atoms with Gasteiger partial charge in [-0.3, -0.25) is 14.4 Å². The predicted octanol–water partition coefficient (Wildman–Crippen LogP) is 3.54. The maximum atomic E-state index is 13.2. The Morgan fingerprint density at radius 3 is 2.44 bits per heavy atom. The fraction of sp³-hybridized carbons (Fsp3) is 0.348. The molecule has 1 aliphatic heterocycles. The fourth-order valence-electron chi connectivity index (χ4n) is 3.80. The third kappa shape index (κ3) is 4.96. The Morgan fingerprint density at radius 2 is 1.78 bits per heavy atom. The molecule has 0 spiro atoms. The Bertz CT molecular complexity index is 1200. The van der Waals surface area contributed by atoms with Gasteiger partial charge in [-0.1, -0.05) is 30.3 Å². The van der Waals surface area contributed by atoms with Gasteiger partial charge in [-0.15, -0.1) is 11.3 Å². The average Bonchev–Trinajstić information content (AvgIpc) is 3.34. The number of rotatable bonds is 7. The maximum Gasteiger partial charge on any atom is 0.271 e. The zero-order chi connectivity index (χ0) is 22.8. The molecule has 1 aromatic heterocycles. The van der Waals surface area contributed by atoms with Gasteiger partial charge in [0.05, 0.1) is 24.5 Å². The average molecular weight is 474 g/mol. The number of ether oxygens (including phenoxy) is 1. The molecule has 2 N–H and O–H groups in total. The van der Waals surface area contributed by atoms with Crippen LogP contribution in [0.1, 0.15) is 24.2 Å². The second-order valence-electron chi connectivity index (χ2n) is 8.38. The minimum Gasteiger partial charge on any atom is -0.379 e. The van der Waals surface area contributed by atoms with E-state index in [-0.39, 0.29) is 21.3 Å². The predicted molar refractivity (Wildman–Crippen MR) is 128 cm³/mol. The van der Waals surface area contributed by atoms with Gasteiger partial charge < -0.3 is 10.1 Å². The van der Waals surface area contributed by atoms with Crippen LogP contribution in [0, 0.1) is 0 Å². The summed E-state index contributed by atoms with van der Waals surface area (Å²) in [6, 6.07) is 14.2. The SMILES string of the molecule is CC(C)(CNC(=O)c1cc2ccccc2cc1NS(=O)(=O)c1cccs1)N1CCOCC1. The van der Waals surface area contributed by atoms with Gasteiger partial charge in [0, 0.05) is 25.2 Å². The monoisotopic (exact) mass is 473 g/mol. The van der Waals surface area contributed by atoms with E-state index in [2.05, 4.69) is 28.8 Å². The number of sulfonamides is 1. The number of benzene rings is 2. The van der Waals surface area contributed by atoms with Crippen LogP contribution < -0.4 is 10.0 Å². The number of anilines is 1. The molecule has 2 heterocycles. The maximum absolute atomic E-state index is 13.2. The lowest BCUT2D eigenvalue weighted by Crippen LogP contribution is -2.55. The summed E-state index contributed by atoms with van der Waals surface area (Å²) in [5.41, 5.74) is 0.299. The zero-order valence-corrected chi connectivity index (χ0v) is 19.8. The van der Waals surface area contributed by atoms with Crippen molar-refractivity contribution in [2.75, 3.05) is 37.6 Å². The van der Waals surface area contributed by atoms with E-state index in [1.807, 2.05) is 24.3 Å². The molecule has 0 unspecified atom stereocenters. The number of nitrogens with one attached hydrogen (secondary N) is 2. The van der Waals surface area contributed by atoms with Crippen LogP contribution in [0.4, 0.5) is 5.69 Å². The van der Waals surface area contributed by atoms with Crippen molar-refractivity contribution in [2.24, 2.45) is 0 Å². The van der Waals surface area contributed by atoms with E-state index >= 15 is 0 Å². The molecule has 0 atom stereocenters. The summed E-state index contributed by atoms with van der Waals surface area (Å²) in [4.78, 5) is 15.5. The lowest BCUT2D eigenvalue weighted by molar-refractivity contribution is -0.00923. The first-order valence-corrected chi connectivity index (χ1v) is 12.8. The van der Waals surface area contributed by atoms with Crippen LogP contribution in [0.2, 0.25) is 0 Å². The molecule has 7 nitrogen and oxygen atoms in total. The van der Waals surface area contributed by atoms with E-state index in [1.54, 1.807) is 29.6 Å². The highest BCUT2D eigenvalue weighted by Gasteiger charge is 2.29. The first kappa shape index (κ1) is 22.7. The molecule has 9 heteroatoms. The lowest BCUT2D eigenvalue weighted by Gasteiger charge is -2.40. The molecule has 2 aromatic carbocycles. The Kier molecular flexibility index (Phi) is 6.52. The number of fused-ring (bicyclic) bond motifs is 1. The van der Waals surface area contributed by atoms with Gasteiger partial charge in [-0.2, -0.15) is 0 Å². The van der Waals surface area contributed by atoms with Crippen LogP contribution >= 0.6 is 11.3 Å². The summed E-state index contributed by atoms with van der Waals surface area (Å²) in [7, 11) is -3.79. The third-order valence-corrected chi connectivity index (χ3v) is 8.45. The second kappa shape index (κ2) is 9.19. The Hall–Kier alpha value is -2.46. The number of hydrogen-bond donors (Lipinski definition) is 2. The number of morpholine rings is 1. The summed E-state index contributed by atoms with van der Waals surface area (Å²) in [5.74, 6) is -0.319. The molecule has 1 fully saturated rings. The number of amides is 1. The van der Waals surface area contributed by atoms with Crippen LogP contribution in [0.25, 0.3) is 10.8 Å². The highest BCUT2D eigenvalue weighted by molar-refractivity contribution is 7.94. The molecule has 0 bridgehead atoms. The Balaban J connectivity index is 1.61. The van der Waals surface area contributed by atoms with E-state index in [1.165, 1.54) is 0 Å². The van der Waals surface area contributed by atoms with Crippen molar-refractivity contribution in [3.05, 3.63) is 59.5 Å². The fourth-order valence-corrected chi connectivity index (χ4v) is 5.86. The largest absolute Gasteiger partial charge is 0.379 e. The molecule has 4 rings (SSSR count). The molecule has 0 aliphatic carbocycles. The van der Waals surface area contributed by atoms with Crippen LogP contribution in [-0.4, -0.2) is 57.6 Å². The number of hydrogen-bond acceptors (Lipinski definition) is 6. The van der Waals surface area contributed by atoms with Gasteiger partial charge in [0.25, 0.3) is 15.9 Å². The smallest absolute Gasteiger partial charge is 0.271 e. The third-order valence-electron chi connectivity index (χ3n) is 5.68. The lowest BCUT2D eigenvalue weighted by atomic mass is 10.0. The van der Waals surface area contributed by atoms with Gasteiger partial charge in [0.15, 0.2) is 0 Å². The van der Waals surface area contributed by atoms with Gasteiger partial charge in [-0.25, -0.2) is 8.42 Å². The molecule has 0 saturated carbocycles. The number of nitrogens with zero attached hydrogens (tertiary/aromatic N) is 1. The summed E-state index contributed by atoms with van der Waals surface area (Å²) in [5, 5.41) is 6.43. The van der Waals surface area contributed by atoms with Crippen molar-refractivity contribution in [2.45, 2.75) is 23.6 Å². The van der Waals surface area contributed by atoms with Gasteiger partial charge in [0.1, 0.15) is 4.21 Å². The number of carbonyl (C=O) groups is 1. The topological polar surface area (TPSA) is 87.7 Å². The summed E-state index contributed by atoms with van der Waals surface area (Å²) in [6.07, 6.45) is 0.